The summed E-state index contributed by atoms with van der Waals surface area (Å²) >= 11 is 1.85. The largest absolute Gasteiger partial charge is 0.351 e. The first kappa shape index (κ1) is 17.4. The van der Waals surface area contributed by atoms with Gasteiger partial charge in [0, 0.05) is 30.4 Å². The fraction of sp³-hybridized carbons (Fsp3) is 0.812. The molecular formula is C16H31N3S. The van der Waals surface area contributed by atoms with E-state index in [0.717, 1.165) is 24.8 Å². The maximum Gasteiger partial charge on any atom is 0.185 e. The molecule has 4 heteroatoms. The second-order valence-corrected chi connectivity index (χ2v) is 7.53. The van der Waals surface area contributed by atoms with Crippen LogP contribution in [-0.2, 0) is 12.0 Å². The lowest BCUT2D eigenvalue weighted by Gasteiger charge is -2.18. The lowest BCUT2D eigenvalue weighted by molar-refractivity contribution is 0.558. The number of nitrogens with one attached hydrogen (secondary N) is 1. The van der Waals surface area contributed by atoms with Gasteiger partial charge in [0.2, 0.25) is 0 Å². The van der Waals surface area contributed by atoms with Crippen molar-refractivity contribution in [2.45, 2.75) is 65.8 Å². The molecule has 0 spiro atoms. The van der Waals surface area contributed by atoms with Crippen LogP contribution < -0.4 is 10.2 Å². The van der Waals surface area contributed by atoms with Crippen molar-refractivity contribution in [3.8, 4) is 0 Å². The van der Waals surface area contributed by atoms with E-state index in [0.29, 0.717) is 0 Å². The molecule has 0 unspecified atom stereocenters. The van der Waals surface area contributed by atoms with Gasteiger partial charge in [-0.25, -0.2) is 4.98 Å². The molecule has 20 heavy (non-hydrogen) atoms. The van der Waals surface area contributed by atoms with Gasteiger partial charge in [-0.05, 0) is 19.4 Å². The Morgan fingerprint density at radius 2 is 1.90 bits per heavy atom. The zero-order valence-corrected chi connectivity index (χ0v) is 14.9. The molecule has 1 N–H and O–H groups in total. The first-order valence-electron chi connectivity index (χ1n) is 7.82. The van der Waals surface area contributed by atoms with Gasteiger partial charge in [0.25, 0.3) is 0 Å². The van der Waals surface area contributed by atoms with Crippen molar-refractivity contribution >= 4 is 16.5 Å². The Hall–Kier alpha value is -0.610. The van der Waals surface area contributed by atoms with Crippen LogP contribution >= 0.6 is 11.3 Å². The van der Waals surface area contributed by atoms with Crippen LogP contribution in [0.3, 0.4) is 0 Å². The van der Waals surface area contributed by atoms with Crippen molar-refractivity contribution in [1.82, 2.24) is 10.3 Å². The zero-order chi connectivity index (χ0) is 15.2. The van der Waals surface area contributed by atoms with Gasteiger partial charge in [0.15, 0.2) is 5.13 Å². The Morgan fingerprint density at radius 1 is 1.20 bits per heavy atom. The topological polar surface area (TPSA) is 28.2 Å². The molecule has 0 aliphatic carbocycles. The highest BCUT2D eigenvalue weighted by atomic mass is 32.1. The number of hydrogen-bond donors (Lipinski definition) is 1. The first-order valence-corrected chi connectivity index (χ1v) is 8.63. The van der Waals surface area contributed by atoms with Crippen LogP contribution in [-0.4, -0.2) is 25.1 Å². The average Bonchev–Trinajstić information content (AvgIpc) is 2.80. The van der Waals surface area contributed by atoms with Gasteiger partial charge in [-0.15, -0.1) is 11.3 Å². The lowest BCUT2D eigenvalue weighted by Crippen LogP contribution is -2.20. The maximum atomic E-state index is 4.92. The minimum atomic E-state index is 0.115. The number of unbranched alkanes of at least 4 members (excludes halogenated alkanes) is 1. The molecule has 0 amide bonds. The van der Waals surface area contributed by atoms with E-state index in [4.69, 9.17) is 4.98 Å². The normalized spacial score (nSPS) is 11.9. The molecule has 116 valence electrons. The van der Waals surface area contributed by atoms with Gasteiger partial charge < -0.3 is 10.2 Å². The predicted octanol–water partition coefficient (Wildman–Crippen LogP) is 4.18. The molecular weight excluding hydrogens is 266 g/mol. The van der Waals surface area contributed by atoms with Crippen LogP contribution in [0, 0.1) is 0 Å². The number of hydrogen-bond acceptors (Lipinski definition) is 4. The molecule has 0 saturated heterocycles. The highest BCUT2D eigenvalue weighted by Gasteiger charge is 2.23. The molecule has 0 aromatic carbocycles. The quantitative estimate of drug-likeness (QED) is 0.730. The molecule has 1 rings (SSSR count). The molecule has 0 bridgehead atoms. The van der Waals surface area contributed by atoms with Crippen molar-refractivity contribution in [2.24, 2.45) is 0 Å². The van der Waals surface area contributed by atoms with E-state index >= 15 is 0 Å². The van der Waals surface area contributed by atoms with Crippen LogP contribution in [0.15, 0.2) is 0 Å². The van der Waals surface area contributed by atoms with Gasteiger partial charge in [-0.3, -0.25) is 0 Å². The number of anilines is 1. The molecule has 1 aromatic heterocycles. The van der Waals surface area contributed by atoms with E-state index in [9.17, 15) is 0 Å². The van der Waals surface area contributed by atoms with E-state index in [1.807, 2.05) is 11.3 Å². The summed E-state index contributed by atoms with van der Waals surface area (Å²) in [4.78, 5) is 8.61. The monoisotopic (exact) mass is 297 g/mol. The smallest absolute Gasteiger partial charge is 0.185 e. The van der Waals surface area contributed by atoms with Crippen molar-refractivity contribution in [1.29, 1.82) is 0 Å². The summed E-state index contributed by atoms with van der Waals surface area (Å²) in [7, 11) is 2.16. The van der Waals surface area contributed by atoms with Gasteiger partial charge in [-0.2, -0.15) is 0 Å². The molecule has 0 aliphatic rings. The van der Waals surface area contributed by atoms with E-state index in [-0.39, 0.29) is 5.41 Å². The summed E-state index contributed by atoms with van der Waals surface area (Å²) in [5, 5.41) is 4.67. The van der Waals surface area contributed by atoms with Crippen LogP contribution in [0.2, 0.25) is 0 Å². The van der Waals surface area contributed by atoms with Crippen LogP contribution in [0.4, 0.5) is 5.13 Å². The fourth-order valence-corrected chi connectivity index (χ4v) is 3.31. The molecule has 0 radical (unpaired) electrons. The van der Waals surface area contributed by atoms with E-state index in [1.54, 1.807) is 0 Å². The van der Waals surface area contributed by atoms with Gasteiger partial charge in [0.1, 0.15) is 0 Å². The zero-order valence-electron chi connectivity index (χ0n) is 14.0. The standard InChI is InChI=1S/C16H31N3S/c1-7-9-11-19(6)15-18-14(16(3,4)5)13(20-15)12-17-10-8-2/h17H,7-12H2,1-6H3. The summed E-state index contributed by atoms with van der Waals surface area (Å²) in [6.45, 7) is 14.3. The second kappa shape index (κ2) is 7.99. The summed E-state index contributed by atoms with van der Waals surface area (Å²) < 4.78 is 0. The fourth-order valence-electron chi connectivity index (χ4n) is 2.08. The highest BCUT2D eigenvalue weighted by molar-refractivity contribution is 7.15. The van der Waals surface area contributed by atoms with Crippen LogP contribution in [0.1, 0.15) is 64.5 Å². The van der Waals surface area contributed by atoms with Crippen molar-refractivity contribution in [3.63, 3.8) is 0 Å². The molecule has 0 aliphatic heterocycles. The Morgan fingerprint density at radius 3 is 2.45 bits per heavy atom. The lowest BCUT2D eigenvalue weighted by atomic mass is 9.91. The van der Waals surface area contributed by atoms with Crippen molar-refractivity contribution < 1.29 is 0 Å². The summed E-state index contributed by atoms with van der Waals surface area (Å²) in [5.41, 5.74) is 1.37. The molecule has 0 atom stereocenters. The summed E-state index contributed by atoms with van der Waals surface area (Å²) in [5.74, 6) is 0. The van der Waals surface area contributed by atoms with Crippen LogP contribution in [0.5, 0.6) is 0 Å². The molecule has 3 nitrogen and oxygen atoms in total. The summed E-state index contributed by atoms with van der Waals surface area (Å²) in [6.07, 6.45) is 3.63. The third-order valence-electron chi connectivity index (χ3n) is 3.28. The Balaban J connectivity index is 2.87. The maximum absolute atomic E-state index is 4.92. The Kier molecular flexibility index (Phi) is 6.96. The number of nitrogens with zero attached hydrogens (tertiary/aromatic N) is 2. The van der Waals surface area contributed by atoms with Gasteiger partial charge in [0.05, 0.1) is 5.69 Å². The Bertz CT molecular complexity index is 393. The SMILES string of the molecule is CCCCN(C)c1nc(C(C)(C)C)c(CNCCC)s1. The minimum absolute atomic E-state index is 0.115. The number of aromatic nitrogens is 1. The highest BCUT2D eigenvalue weighted by Crippen LogP contribution is 2.33. The van der Waals surface area contributed by atoms with Crippen molar-refractivity contribution in [3.05, 3.63) is 10.6 Å². The third kappa shape index (κ3) is 5.06. The van der Waals surface area contributed by atoms with E-state index in [2.05, 4.69) is 51.9 Å². The van der Waals surface area contributed by atoms with Gasteiger partial charge in [-0.1, -0.05) is 41.0 Å². The average molecular weight is 298 g/mol. The number of thiazole rings is 1. The van der Waals surface area contributed by atoms with E-state index in [1.165, 1.54) is 29.8 Å². The molecule has 1 heterocycles. The first-order chi connectivity index (χ1) is 9.40. The second-order valence-electron chi connectivity index (χ2n) is 6.47. The third-order valence-corrected chi connectivity index (χ3v) is 4.45. The van der Waals surface area contributed by atoms with Crippen LogP contribution in [0.25, 0.3) is 0 Å². The van der Waals surface area contributed by atoms with Gasteiger partial charge >= 0.3 is 0 Å². The number of rotatable bonds is 8. The Labute approximate surface area is 128 Å². The summed E-state index contributed by atoms with van der Waals surface area (Å²) in [6, 6.07) is 0. The minimum Gasteiger partial charge on any atom is -0.351 e. The van der Waals surface area contributed by atoms with Crippen molar-refractivity contribution in [2.75, 3.05) is 25.0 Å². The molecule has 1 aromatic rings. The predicted molar refractivity (Wildman–Crippen MR) is 91.0 cm³/mol. The van der Waals surface area contributed by atoms with E-state index < -0.39 is 0 Å². The molecule has 0 fully saturated rings. The molecule has 0 saturated carbocycles.